The molecule has 0 radical (unpaired) electrons. The molecule has 0 aromatic rings. The lowest BCUT2D eigenvalue weighted by atomic mass is 10.2. The molecule has 56 valence electrons. The van der Waals surface area contributed by atoms with Crippen molar-refractivity contribution in [3.05, 3.63) is 23.5 Å². The van der Waals surface area contributed by atoms with E-state index in [0.29, 0.717) is 5.70 Å². The molecule has 2 heteroatoms. The van der Waals surface area contributed by atoms with E-state index in [1.54, 1.807) is 6.21 Å². The molecule has 0 saturated carbocycles. The van der Waals surface area contributed by atoms with Gasteiger partial charge in [-0.3, -0.25) is 4.99 Å². The van der Waals surface area contributed by atoms with Crippen molar-refractivity contribution in [2.75, 3.05) is 0 Å². The standard InChI is InChI=1S/C8H14N2/c1-5-10-8(4)6(2)7(3)9/h5H,3,9H2,1-2,4H3/b8-6-,10-5?. The zero-order valence-corrected chi connectivity index (χ0v) is 6.81. The van der Waals surface area contributed by atoms with Crippen molar-refractivity contribution >= 4 is 6.21 Å². The second-order valence-electron chi connectivity index (χ2n) is 2.12. The molecule has 0 amide bonds. The van der Waals surface area contributed by atoms with Crippen LogP contribution in [0.1, 0.15) is 20.8 Å². The van der Waals surface area contributed by atoms with Gasteiger partial charge in [0.1, 0.15) is 0 Å². The third-order valence-corrected chi connectivity index (χ3v) is 1.35. The normalized spacial score (nSPS) is 13.5. The van der Waals surface area contributed by atoms with Crippen LogP contribution in [0.15, 0.2) is 28.5 Å². The Bertz CT molecular complexity index is 187. The van der Waals surface area contributed by atoms with Crippen molar-refractivity contribution in [2.45, 2.75) is 20.8 Å². The number of nitrogens with zero attached hydrogens (tertiary/aromatic N) is 1. The fourth-order valence-corrected chi connectivity index (χ4v) is 0.523. The van der Waals surface area contributed by atoms with Crippen molar-refractivity contribution in [2.24, 2.45) is 10.7 Å². The van der Waals surface area contributed by atoms with E-state index < -0.39 is 0 Å². The van der Waals surface area contributed by atoms with Crippen LogP contribution in [0.3, 0.4) is 0 Å². The van der Waals surface area contributed by atoms with Gasteiger partial charge in [0.05, 0.1) is 0 Å². The molecular formula is C8H14N2. The fraction of sp³-hybridized carbons (Fsp3) is 0.375. The highest BCUT2D eigenvalue weighted by atomic mass is 14.7. The average molecular weight is 138 g/mol. The van der Waals surface area contributed by atoms with Crippen LogP contribution in [0.2, 0.25) is 0 Å². The summed E-state index contributed by atoms with van der Waals surface area (Å²) in [4.78, 5) is 4.06. The molecule has 0 spiro atoms. The van der Waals surface area contributed by atoms with E-state index in [9.17, 15) is 0 Å². The molecule has 0 fully saturated rings. The molecule has 2 N–H and O–H groups in total. The maximum atomic E-state index is 5.44. The Morgan fingerprint density at radius 1 is 1.50 bits per heavy atom. The van der Waals surface area contributed by atoms with Crippen LogP contribution in [-0.4, -0.2) is 6.21 Å². The summed E-state index contributed by atoms with van der Waals surface area (Å²) in [5, 5.41) is 0. The predicted molar refractivity (Wildman–Crippen MR) is 45.9 cm³/mol. The Kier molecular flexibility index (Phi) is 3.47. The molecule has 0 unspecified atom stereocenters. The van der Waals surface area contributed by atoms with E-state index in [0.717, 1.165) is 11.3 Å². The van der Waals surface area contributed by atoms with Gasteiger partial charge < -0.3 is 5.73 Å². The molecule has 0 heterocycles. The van der Waals surface area contributed by atoms with Crippen LogP contribution < -0.4 is 5.73 Å². The summed E-state index contributed by atoms with van der Waals surface area (Å²) < 4.78 is 0. The third-order valence-electron chi connectivity index (χ3n) is 1.35. The second kappa shape index (κ2) is 3.88. The number of nitrogens with two attached hydrogens (primary N) is 1. The lowest BCUT2D eigenvalue weighted by Gasteiger charge is -2.00. The van der Waals surface area contributed by atoms with Gasteiger partial charge in [-0.05, 0) is 26.3 Å². The summed E-state index contributed by atoms with van der Waals surface area (Å²) in [6.07, 6.45) is 1.74. The van der Waals surface area contributed by atoms with E-state index in [1.165, 1.54) is 0 Å². The molecular weight excluding hydrogens is 124 g/mol. The summed E-state index contributed by atoms with van der Waals surface area (Å²) in [7, 11) is 0. The van der Waals surface area contributed by atoms with Crippen LogP contribution in [0, 0.1) is 0 Å². The summed E-state index contributed by atoms with van der Waals surface area (Å²) >= 11 is 0. The fourth-order valence-electron chi connectivity index (χ4n) is 0.523. The van der Waals surface area contributed by atoms with Crippen molar-refractivity contribution in [1.29, 1.82) is 0 Å². The van der Waals surface area contributed by atoms with Gasteiger partial charge in [-0.1, -0.05) is 6.58 Å². The third kappa shape index (κ3) is 2.49. The topological polar surface area (TPSA) is 38.4 Å². The Balaban J connectivity index is 4.50. The van der Waals surface area contributed by atoms with E-state index in [4.69, 9.17) is 5.73 Å². The quantitative estimate of drug-likeness (QED) is 0.459. The van der Waals surface area contributed by atoms with Crippen LogP contribution >= 0.6 is 0 Å². The van der Waals surface area contributed by atoms with E-state index in [1.807, 2.05) is 20.8 Å². The van der Waals surface area contributed by atoms with Gasteiger partial charge in [0.25, 0.3) is 0 Å². The highest BCUT2D eigenvalue weighted by Crippen LogP contribution is 2.07. The van der Waals surface area contributed by atoms with E-state index in [-0.39, 0.29) is 0 Å². The van der Waals surface area contributed by atoms with Crippen LogP contribution in [0.25, 0.3) is 0 Å². The molecule has 0 aliphatic rings. The first kappa shape index (κ1) is 8.95. The van der Waals surface area contributed by atoms with Crippen LogP contribution in [-0.2, 0) is 0 Å². The average Bonchev–Trinajstić information content (AvgIpc) is 1.87. The number of hydrogen-bond acceptors (Lipinski definition) is 2. The highest BCUT2D eigenvalue weighted by molar-refractivity contribution is 5.55. The van der Waals surface area contributed by atoms with E-state index >= 15 is 0 Å². The van der Waals surface area contributed by atoms with E-state index in [2.05, 4.69) is 11.6 Å². The lowest BCUT2D eigenvalue weighted by molar-refractivity contribution is 1.18. The zero-order chi connectivity index (χ0) is 8.15. The second-order valence-corrected chi connectivity index (χ2v) is 2.12. The Hall–Kier alpha value is -1.05. The maximum Gasteiger partial charge on any atom is 0.0417 e. The van der Waals surface area contributed by atoms with Gasteiger partial charge in [0.15, 0.2) is 0 Å². The summed E-state index contributed by atoms with van der Waals surface area (Å²) in [5.74, 6) is 0. The van der Waals surface area contributed by atoms with Gasteiger partial charge in [-0.25, -0.2) is 0 Å². The van der Waals surface area contributed by atoms with Crippen molar-refractivity contribution in [3.8, 4) is 0 Å². The smallest absolute Gasteiger partial charge is 0.0417 e. The molecule has 0 aromatic heterocycles. The predicted octanol–water partition coefficient (Wildman–Crippen LogP) is 1.84. The SMILES string of the molecule is C=C(N)/C(C)=C(/C)N=CC. The Morgan fingerprint density at radius 2 is 2.00 bits per heavy atom. The van der Waals surface area contributed by atoms with Crippen LogP contribution in [0.5, 0.6) is 0 Å². The maximum absolute atomic E-state index is 5.44. The van der Waals surface area contributed by atoms with Crippen LogP contribution in [0.4, 0.5) is 0 Å². The first-order valence-electron chi connectivity index (χ1n) is 3.20. The first-order valence-corrected chi connectivity index (χ1v) is 3.20. The zero-order valence-electron chi connectivity index (χ0n) is 6.81. The monoisotopic (exact) mass is 138 g/mol. The Labute approximate surface area is 62.1 Å². The number of rotatable bonds is 2. The minimum Gasteiger partial charge on any atom is -0.399 e. The van der Waals surface area contributed by atoms with Crippen molar-refractivity contribution in [1.82, 2.24) is 0 Å². The van der Waals surface area contributed by atoms with Gasteiger partial charge in [-0.2, -0.15) is 0 Å². The van der Waals surface area contributed by atoms with Crippen molar-refractivity contribution in [3.63, 3.8) is 0 Å². The molecule has 0 atom stereocenters. The highest BCUT2D eigenvalue weighted by Gasteiger charge is 1.93. The molecule has 10 heavy (non-hydrogen) atoms. The molecule has 0 rings (SSSR count). The Morgan fingerprint density at radius 3 is 2.30 bits per heavy atom. The van der Waals surface area contributed by atoms with Gasteiger partial charge in [-0.15, -0.1) is 0 Å². The molecule has 0 aliphatic carbocycles. The molecule has 0 bridgehead atoms. The summed E-state index contributed by atoms with van der Waals surface area (Å²) in [5.41, 5.74) is 7.91. The minimum absolute atomic E-state index is 0.586. The number of aliphatic imine (C=N–C) groups is 1. The summed E-state index contributed by atoms with van der Waals surface area (Å²) in [6.45, 7) is 9.29. The number of allylic oxidation sites excluding steroid dienone is 2. The largest absolute Gasteiger partial charge is 0.399 e. The first-order chi connectivity index (χ1) is 4.59. The lowest BCUT2D eigenvalue weighted by Crippen LogP contribution is -1.97. The van der Waals surface area contributed by atoms with Gasteiger partial charge >= 0.3 is 0 Å². The molecule has 0 aromatic carbocycles. The van der Waals surface area contributed by atoms with Gasteiger partial charge in [0.2, 0.25) is 0 Å². The minimum atomic E-state index is 0.586. The molecule has 0 aliphatic heterocycles. The van der Waals surface area contributed by atoms with Crippen molar-refractivity contribution < 1.29 is 0 Å². The molecule has 2 nitrogen and oxygen atoms in total. The summed E-state index contributed by atoms with van der Waals surface area (Å²) in [6, 6.07) is 0. The molecule has 0 saturated heterocycles. The van der Waals surface area contributed by atoms with Gasteiger partial charge in [0, 0.05) is 17.6 Å². The number of hydrogen-bond donors (Lipinski definition) is 1.